The molecule has 3 aromatic rings. The van der Waals surface area contributed by atoms with E-state index in [-0.39, 0.29) is 11.7 Å². The van der Waals surface area contributed by atoms with Crippen molar-refractivity contribution in [1.82, 2.24) is 9.97 Å². The molecule has 1 unspecified atom stereocenters. The van der Waals surface area contributed by atoms with Crippen LogP contribution in [-0.4, -0.2) is 9.97 Å². The first-order valence-corrected chi connectivity index (χ1v) is 6.66. The second-order valence-corrected chi connectivity index (χ2v) is 5.29. The second kappa shape index (κ2) is 4.81. The normalized spacial score (nSPS) is 12.8. The van der Waals surface area contributed by atoms with Crippen LogP contribution in [0.1, 0.15) is 22.7 Å². The third-order valence-corrected chi connectivity index (χ3v) is 3.73. The third kappa shape index (κ3) is 2.24. The van der Waals surface area contributed by atoms with Gasteiger partial charge < -0.3 is 15.7 Å². The summed E-state index contributed by atoms with van der Waals surface area (Å²) in [5, 5.41) is 0.542. The maximum Gasteiger partial charge on any atom is 0.323 e. The van der Waals surface area contributed by atoms with Crippen LogP contribution in [0.25, 0.3) is 11.0 Å². The molecule has 0 aliphatic carbocycles. The lowest BCUT2D eigenvalue weighted by Crippen LogP contribution is -2.12. The summed E-state index contributed by atoms with van der Waals surface area (Å²) < 4.78 is 0. The van der Waals surface area contributed by atoms with E-state index in [0.29, 0.717) is 16.1 Å². The Kier molecular flexibility index (Phi) is 3.12. The zero-order valence-corrected chi connectivity index (χ0v) is 11.7. The number of benzene rings is 2. The number of aromatic amines is 2. The van der Waals surface area contributed by atoms with Gasteiger partial charge in [-0.15, -0.1) is 0 Å². The molecule has 4 nitrogen and oxygen atoms in total. The number of hydrogen-bond acceptors (Lipinski definition) is 2. The molecule has 1 aromatic heterocycles. The number of fused-ring (bicyclic) bond motifs is 1. The summed E-state index contributed by atoms with van der Waals surface area (Å²) in [6.45, 7) is 2.03. The first kappa shape index (κ1) is 13.0. The molecule has 4 N–H and O–H groups in total. The molecule has 0 amide bonds. The van der Waals surface area contributed by atoms with E-state index in [1.165, 1.54) is 5.56 Å². The van der Waals surface area contributed by atoms with Crippen molar-refractivity contribution in [2.45, 2.75) is 13.0 Å². The lowest BCUT2D eigenvalue weighted by atomic mass is 9.98. The Morgan fingerprint density at radius 3 is 2.35 bits per heavy atom. The highest BCUT2D eigenvalue weighted by Gasteiger charge is 2.14. The molecular formula is C15H14ClN3O. The summed E-state index contributed by atoms with van der Waals surface area (Å²) in [5.74, 6) is 0. The molecule has 0 radical (unpaired) electrons. The van der Waals surface area contributed by atoms with Crippen LogP contribution in [0.5, 0.6) is 0 Å². The third-order valence-electron chi connectivity index (χ3n) is 3.40. The Balaban J connectivity index is 2.10. The topological polar surface area (TPSA) is 74.7 Å². The Morgan fingerprint density at radius 2 is 1.70 bits per heavy atom. The van der Waals surface area contributed by atoms with Gasteiger partial charge in [0.05, 0.1) is 17.1 Å². The summed E-state index contributed by atoms with van der Waals surface area (Å²) in [6, 6.07) is 11.2. The minimum atomic E-state index is -0.328. The first-order chi connectivity index (χ1) is 9.54. The lowest BCUT2D eigenvalue weighted by molar-refractivity contribution is 0.872. The van der Waals surface area contributed by atoms with Crippen LogP contribution < -0.4 is 11.4 Å². The van der Waals surface area contributed by atoms with Crippen molar-refractivity contribution in [3.8, 4) is 0 Å². The van der Waals surface area contributed by atoms with Gasteiger partial charge in [0, 0.05) is 5.02 Å². The number of H-pyrrole nitrogens is 2. The van der Waals surface area contributed by atoms with Crippen molar-refractivity contribution in [3.63, 3.8) is 0 Å². The highest BCUT2D eigenvalue weighted by Crippen LogP contribution is 2.29. The number of aryl methyl sites for hydroxylation is 1. The number of aromatic nitrogens is 2. The zero-order valence-electron chi connectivity index (χ0n) is 10.9. The molecule has 5 heteroatoms. The highest BCUT2D eigenvalue weighted by atomic mass is 35.5. The van der Waals surface area contributed by atoms with Crippen LogP contribution in [0.2, 0.25) is 5.02 Å². The Bertz CT molecular complexity index is 817. The summed E-state index contributed by atoms with van der Waals surface area (Å²) in [4.78, 5) is 16.7. The number of imidazole rings is 1. The molecule has 0 spiro atoms. The van der Waals surface area contributed by atoms with Crippen molar-refractivity contribution in [1.29, 1.82) is 0 Å². The van der Waals surface area contributed by atoms with Crippen LogP contribution in [0, 0.1) is 6.92 Å². The van der Waals surface area contributed by atoms with Gasteiger partial charge in [0.25, 0.3) is 0 Å². The van der Waals surface area contributed by atoms with Crippen LogP contribution in [0.4, 0.5) is 0 Å². The van der Waals surface area contributed by atoms with Gasteiger partial charge >= 0.3 is 5.69 Å². The molecule has 0 saturated heterocycles. The van der Waals surface area contributed by atoms with E-state index in [0.717, 1.165) is 11.1 Å². The highest BCUT2D eigenvalue weighted by molar-refractivity contribution is 6.32. The molecule has 0 aliphatic heterocycles. The van der Waals surface area contributed by atoms with Gasteiger partial charge in [-0.05, 0) is 30.2 Å². The Morgan fingerprint density at radius 1 is 1.10 bits per heavy atom. The van der Waals surface area contributed by atoms with Crippen molar-refractivity contribution in [3.05, 3.63) is 68.6 Å². The quantitative estimate of drug-likeness (QED) is 0.678. The molecule has 0 aliphatic rings. The average Bonchev–Trinajstić information content (AvgIpc) is 2.77. The fourth-order valence-electron chi connectivity index (χ4n) is 2.26. The molecule has 102 valence electrons. The number of rotatable bonds is 2. The van der Waals surface area contributed by atoms with Crippen LogP contribution in [0.3, 0.4) is 0 Å². The largest absolute Gasteiger partial charge is 0.323 e. The van der Waals surface area contributed by atoms with Gasteiger partial charge in [0.2, 0.25) is 0 Å². The van der Waals surface area contributed by atoms with E-state index in [1.54, 1.807) is 6.07 Å². The SMILES string of the molecule is Cc1ccc(C(N)c2cc3[nH]c(=O)[nH]c3cc2Cl)cc1. The lowest BCUT2D eigenvalue weighted by Gasteiger charge is -2.14. The van der Waals surface area contributed by atoms with E-state index in [2.05, 4.69) is 9.97 Å². The summed E-state index contributed by atoms with van der Waals surface area (Å²) in [5.41, 5.74) is 10.4. The Hall–Kier alpha value is -2.04. The number of hydrogen-bond donors (Lipinski definition) is 3. The smallest absolute Gasteiger partial charge is 0.320 e. The van der Waals surface area contributed by atoms with Crippen LogP contribution in [-0.2, 0) is 0 Å². The molecule has 2 aromatic carbocycles. The molecule has 0 saturated carbocycles. The Labute approximate surface area is 120 Å². The summed E-state index contributed by atoms with van der Waals surface area (Å²) in [7, 11) is 0. The minimum absolute atomic E-state index is 0.253. The molecule has 0 fully saturated rings. The maximum atomic E-state index is 11.3. The van der Waals surface area contributed by atoms with Gasteiger partial charge in [-0.2, -0.15) is 0 Å². The maximum absolute atomic E-state index is 11.3. The van der Waals surface area contributed by atoms with Crippen LogP contribution in [0.15, 0.2) is 41.2 Å². The van der Waals surface area contributed by atoms with E-state index in [4.69, 9.17) is 17.3 Å². The van der Waals surface area contributed by atoms with Gasteiger partial charge in [-0.1, -0.05) is 41.4 Å². The van der Waals surface area contributed by atoms with E-state index < -0.39 is 0 Å². The molecular weight excluding hydrogens is 274 g/mol. The fraction of sp³-hybridized carbons (Fsp3) is 0.133. The number of halogens is 1. The predicted molar refractivity (Wildman–Crippen MR) is 81.1 cm³/mol. The molecule has 1 atom stereocenters. The van der Waals surface area contributed by atoms with Gasteiger partial charge in [0.15, 0.2) is 0 Å². The standard InChI is InChI=1S/C15H14ClN3O/c1-8-2-4-9(5-3-8)14(17)10-6-12-13(7-11(10)16)19-15(20)18-12/h2-7,14H,17H2,1H3,(H2,18,19,20). The van der Waals surface area contributed by atoms with E-state index in [9.17, 15) is 4.79 Å². The van der Waals surface area contributed by atoms with Gasteiger partial charge in [-0.25, -0.2) is 4.79 Å². The first-order valence-electron chi connectivity index (χ1n) is 6.28. The summed E-state index contributed by atoms with van der Waals surface area (Å²) in [6.07, 6.45) is 0. The summed E-state index contributed by atoms with van der Waals surface area (Å²) >= 11 is 6.27. The average molecular weight is 288 g/mol. The van der Waals surface area contributed by atoms with Gasteiger partial charge in [-0.3, -0.25) is 0 Å². The van der Waals surface area contributed by atoms with Crippen molar-refractivity contribution >= 4 is 22.6 Å². The fourth-order valence-corrected chi connectivity index (χ4v) is 2.55. The molecule has 0 bridgehead atoms. The second-order valence-electron chi connectivity index (χ2n) is 4.89. The van der Waals surface area contributed by atoms with E-state index >= 15 is 0 Å². The number of nitrogens with two attached hydrogens (primary N) is 1. The van der Waals surface area contributed by atoms with Crippen molar-refractivity contribution < 1.29 is 0 Å². The van der Waals surface area contributed by atoms with Crippen molar-refractivity contribution in [2.75, 3.05) is 0 Å². The molecule has 3 rings (SSSR count). The number of nitrogens with one attached hydrogen (secondary N) is 2. The van der Waals surface area contributed by atoms with Gasteiger partial charge in [0.1, 0.15) is 0 Å². The van der Waals surface area contributed by atoms with Crippen LogP contribution >= 0.6 is 11.6 Å². The minimum Gasteiger partial charge on any atom is -0.320 e. The van der Waals surface area contributed by atoms with E-state index in [1.807, 2.05) is 37.3 Å². The monoisotopic (exact) mass is 287 g/mol. The molecule has 1 heterocycles. The predicted octanol–water partition coefficient (Wildman–Crippen LogP) is 2.87. The molecule has 20 heavy (non-hydrogen) atoms. The van der Waals surface area contributed by atoms with Crippen molar-refractivity contribution in [2.24, 2.45) is 5.73 Å². The zero-order chi connectivity index (χ0) is 14.3.